The summed E-state index contributed by atoms with van der Waals surface area (Å²) in [7, 11) is 0. The molecule has 0 aliphatic heterocycles. The van der Waals surface area contributed by atoms with E-state index in [0.29, 0.717) is 5.69 Å². The Labute approximate surface area is 63.0 Å². The fourth-order valence-corrected chi connectivity index (χ4v) is 0.753. The van der Waals surface area contributed by atoms with Crippen LogP contribution in [0.1, 0.15) is 16.2 Å². The molecule has 0 saturated carbocycles. The van der Waals surface area contributed by atoms with Crippen LogP contribution in [-0.2, 0) is 0 Å². The molecular weight excluding hydrogens is 147 g/mol. The summed E-state index contributed by atoms with van der Waals surface area (Å²) in [6.07, 6.45) is 0. The summed E-state index contributed by atoms with van der Waals surface area (Å²) >= 11 is 0. The fraction of sp³-hybridized carbons (Fsp3) is 0.143. The Morgan fingerprint density at radius 2 is 2.27 bits per heavy atom. The number of hydrogen-bond donors (Lipinski definition) is 1. The Balaban J connectivity index is 3.19. The van der Waals surface area contributed by atoms with Gasteiger partial charge in [0.25, 0.3) is 5.91 Å². The first-order valence-corrected chi connectivity index (χ1v) is 3.03. The highest BCUT2D eigenvalue weighted by Crippen LogP contribution is 2.02. The summed E-state index contributed by atoms with van der Waals surface area (Å²) in [5, 5.41) is 0. The summed E-state index contributed by atoms with van der Waals surface area (Å²) in [6.45, 7) is 1.59. The van der Waals surface area contributed by atoms with Crippen LogP contribution in [-0.4, -0.2) is 10.9 Å². The molecule has 0 spiro atoms. The third-order valence-corrected chi connectivity index (χ3v) is 1.17. The van der Waals surface area contributed by atoms with Crippen molar-refractivity contribution in [3.63, 3.8) is 0 Å². The van der Waals surface area contributed by atoms with Crippen LogP contribution in [0.3, 0.4) is 0 Å². The summed E-state index contributed by atoms with van der Waals surface area (Å²) in [6, 6.07) is 2.24. The number of amides is 1. The summed E-state index contributed by atoms with van der Waals surface area (Å²) in [5.74, 6) is -1.21. The van der Waals surface area contributed by atoms with Crippen molar-refractivity contribution in [2.75, 3.05) is 0 Å². The molecule has 0 atom stereocenters. The first kappa shape index (κ1) is 7.65. The maximum atomic E-state index is 12.5. The molecule has 1 heterocycles. The summed E-state index contributed by atoms with van der Waals surface area (Å²) in [5.41, 5.74) is 5.29. The Bertz CT molecular complexity index is 278. The van der Waals surface area contributed by atoms with Crippen LogP contribution in [0.5, 0.6) is 0 Å². The molecule has 0 unspecified atom stereocenters. The minimum atomic E-state index is -0.715. The van der Waals surface area contributed by atoms with Crippen molar-refractivity contribution in [2.45, 2.75) is 6.92 Å². The van der Waals surface area contributed by atoms with Gasteiger partial charge in [-0.3, -0.25) is 4.79 Å². The lowest BCUT2D eigenvalue weighted by molar-refractivity contribution is 0.0995. The number of hydrogen-bond acceptors (Lipinski definition) is 2. The number of rotatable bonds is 1. The van der Waals surface area contributed by atoms with Crippen LogP contribution in [0.25, 0.3) is 0 Å². The quantitative estimate of drug-likeness (QED) is 0.644. The molecule has 0 aliphatic rings. The zero-order valence-electron chi connectivity index (χ0n) is 5.97. The van der Waals surface area contributed by atoms with Crippen LogP contribution in [0.2, 0.25) is 0 Å². The molecule has 1 amide bonds. The number of halogens is 1. The predicted octanol–water partition coefficient (Wildman–Crippen LogP) is 0.628. The van der Waals surface area contributed by atoms with Crippen molar-refractivity contribution in [1.29, 1.82) is 0 Å². The van der Waals surface area contributed by atoms with Gasteiger partial charge in [0.05, 0.1) is 0 Å². The number of nitrogens with two attached hydrogens (primary N) is 1. The van der Waals surface area contributed by atoms with Crippen molar-refractivity contribution >= 4 is 5.91 Å². The molecule has 0 fully saturated rings. The topological polar surface area (TPSA) is 56.0 Å². The third kappa shape index (κ3) is 1.73. The highest BCUT2D eigenvalue weighted by molar-refractivity contribution is 5.90. The van der Waals surface area contributed by atoms with E-state index < -0.39 is 11.7 Å². The number of carbonyl (C=O) groups is 1. The van der Waals surface area contributed by atoms with Gasteiger partial charge in [-0.15, -0.1) is 0 Å². The fourth-order valence-electron chi connectivity index (χ4n) is 0.753. The van der Waals surface area contributed by atoms with E-state index in [-0.39, 0.29) is 5.69 Å². The van der Waals surface area contributed by atoms with E-state index in [9.17, 15) is 9.18 Å². The van der Waals surface area contributed by atoms with Gasteiger partial charge in [0.15, 0.2) is 0 Å². The van der Waals surface area contributed by atoms with E-state index in [4.69, 9.17) is 5.73 Å². The van der Waals surface area contributed by atoms with Crippen LogP contribution in [0.15, 0.2) is 12.1 Å². The highest BCUT2D eigenvalue weighted by atomic mass is 19.1. The van der Waals surface area contributed by atoms with Gasteiger partial charge in [-0.05, 0) is 13.0 Å². The molecule has 1 aromatic heterocycles. The molecule has 3 nitrogen and oxygen atoms in total. The lowest BCUT2D eigenvalue weighted by Crippen LogP contribution is -2.13. The Kier molecular flexibility index (Phi) is 1.85. The smallest absolute Gasteiger partial charge is 0.267 e. The molecule has 0 aliphatic carbocycles. The molecule has 4 heteroatoms. The number of aromatic nitrogens is 1. The second kappa shape index (κ2) is 2.65. The van der Waals surface area contributed by atoms with Gasteiger partial charge in [-0.2, -0.15) is 0 Å². The lowest BCUT2D eigenvalue weighted by atomic mass is 10.3. The van der Waals surface area contributed by atoms with Crippen molar-refractivity contribution < 1.29 is 9.18 Å². The van der Waals surface area contributed by atoms with Gasteiger partial charge >= 0.3 is 0 Å². The van der Waals surface area contributed by atoms with E-state index in [1.807, 2.05) is 0 Å². The van der Waals surface area contributed by atoms with E-state index in [1.54, 1.807) is 6.92 Å². The molecule has 0 aromatic carbocycles. The van der Waals surface area contributed by atoms with E-state index in [2.05, 4.69) is 4.98 Å². The van der Waals surface area contributed by atoms with Gasteiger partial charge in [0, 0.05) is 11.8 Å². The van der Waals surface area contributed by atoms with Gasteiger partial charge in [0.2, 0.25) is 0 Å². The minimum Gasteiger partial charge on any atom is -0.364 e. The molecule has 1 aromatic rings. The van der Waals surface area contributed by atoms with Crippen LogP contribution < -0.4 is 5.73 Å². The minimum absolute atomic E-state index is 0.0394. The second-order valence-electron chi connectivity index (χ2n) is 2.18. The van der Waals surface area contributed by atoms with E-state index in [1.165, 1.54) is 6.07 Å². The van der Waals surface area contributed by atoms with Gasteiger partial charge < -0.3 is 5.73 Å². The van der Waals surface area contributed by atoms with Crippen LogP contribution in [0, 0.1) is 12.7 Å². The first-order chi connectivity index (χ1) is 5.09. The van der Waals surface area contributed by atoms with E-state index in [0.717, 1.165) is 6.07 Å². The number of primary amides is 1. The number of pyridine rings is 1. The Morgan fingerprint density at radius 1 is 1.64 bits per heavy atom. The van der Waals surface area contributed by atoms with Crippen molar-refractivity contribution in [3.8, 4) is 0 Å². The maximum Gasteiger partial charge on any atom is 0.267 e. The molecular formula is C7H7FN2O. The molecule has 0 bridgehead atoms. The van der Waals surface area contributed by atoms with Gasteiger partial charge in [-0.1, -0.05) is 0 Å². The van der Waals surface area contributed by atoms with Crippen molar-refractivity contribution in [2.24, 2.45) is 5.73 Å². The van der Waals surface area contributed by atoms with Crippen molar-refractivity contribution in [3.05, 3.63) is 29.3 Å². The zero-order chi connectivity index (χ0) is 8.43. The second-order valence-corrected chi connectivity index (χ2v) is 2.18. The van der Waals surface area contributed by atoms with Gasteiger partial charge in [-0.25, -0.2) is 9.37 Å². The van der Waals surface area contributed by atoms with E-state index >= 15 is 0 Å². The van der Waals surface area contributed by atoms with Crippen LogP contribution in [0.4, 0.5) is 4.39 Å². The number of carbonyl (C=O) groups excluding carboxylic acids is 1. The monoisotopic (exact) mass is 154 g/mol. The number of nitrogens with zero attached hydrogens (tertiary/aromatic N) is 1. The first-order valence-electron chi connectivity index (χ1n) is 3.03. The highest BCUT2D eigenvalue weighted by Gasteiger charge is 2.03. The molecule has 11 heavy (non-hydrogen) atoms. The predicted molar refractivity (Wildman–Crippen MR) is 37.4 cm³/mol. The third-order valence-electron chi connectivity index (χ3n) is 1.17. The number of aryl methyl sites for hydroxylation is 1. The summed E-state index contributed by atoms with van der Waals surface area (Å²) in [4.78, 5) is 14.2. The molecule has 0 saturated heterocycles. The SMILES string of the molecule is Cc1cc(F)cc(C(N)=O)n1. The average molecular weight is 154 g/mol. The molecule has 58 valence electrons. The normalized spacial score (nSPS) is 9.64. The Morgan fingerprint density at radius 3 is 2.73 bits per heavy atom. The largest absolute Gasteiger partial charge is 0.364 e. The van der Waals surface area contributed by atoms with Crippen molar-refractivity contribution in [1.82, 2.24) is 4.98 Å². The average Bonchev–Trinajstić information content (AvgIpc) is 1.85. The van der Waals surface area contributed by atoms with Crippen LogP contribution >= 0.6 is 0 Å². The standard InChI is InChI=1S/C7H7FN2O/c1-4-2-5(8)3-6(10-4)7(9)11/h2-3H,1H3,(H2,9,11). The summed E-state index contributed by atoms with van der Waals surface area (Å²) < 4.78 is 12.5. The molecule has 0 radical (unpaired) electrons. The van der Waals surface area contributed by atoms with Gasteiger partial charge in [0.1, 0.15) is 11.5 Å². The maximum absolute atomic E-state index is 12.5. The Hall–Kier alpha value is -1.45. The molecule has 2 N–H and O–H groups in total. The zero-order valence-corrected chi connectivity index (χ0v) is 5.97. The molecule has 1 rings (SSSR count). The lowest BCUT2D eigenvalue weighted by Gasteiger charge is -1.96.